The number of carbonyl (C=O) groups excluding carboxylic acids is 1. The van der Waals surface area contributed by atoms with Gasteiger partial charge in [-0.25, -0.2) is 4.39 Å². The number of hydrogen-bond donors (Lipinski definition) is 0. The third-order valence-corrected chi connectivity index (χ3v) is 6.34. The number of halogens is 1. The molecule has 4 rings (SSSR count). The highest BCUT2D eigenvalue weighted by molar-refractivity contribution is 5.92. The summed E-state index contributed by atoms with van der Waals surface area (Å²) in [5.41, 5.74) is 1.81. The van der Waals surface area contributed by atoms with E-state index in [1.54, 1.807) is 12.1 Å². The number of hydrogen-bond acceptors (Lipinski definition) is 3. The SMILES string of the molecule is CN(C)C[C@]12CN(Cc3ccccc3F)C[C@H]1CN(C(=O)/C=C/c1ccccc1)C2. The Labute approximate surface area is 178 Å². The van der Waals surface area contributed by atoms with Gasteiger partial charge in [-0.05, 0) is 37.7 Å². The number of nitrogens with zero attached hydrogens (tertiary/aromatic N) is 3. The summed E-state index contributed by atoms with van der Waals surface area (Å²) in [4.78, 5) is 19.4. The molecular weight excluding hydrogens is 377 g/mol. The zero-order valence-corrected chi connectivity index (χ0v) is 17.8. The maximum Gasteiger partial charge on any atom is 0.246 e. The minimum absolute atomic E-state index is 0.0327. The van der Waals surface area contributed by atoms with E-state index in [9.17, 15) is 9.18 Å². The molecule has 0 radical (unpaired) electrons. The second-order valence-corrected chi connectivity index (χ2v) is 9.02. The zero-order valence-electron chi connectivity index (χ0n) is 17.8. The largest absolute Gasteiger partial charge is 0.338 e. The van der Waals surface area contributed by atoms with E-state index >= 15 is 0 Å². The Morgan fingerprint density at radius 2 is 1.83 bits per heavy atom. The summed E-state index contributed by atoms with van der Waals surface area (Å²) in [7, 11) is 4.18. The highest BCUT2D eigenvalue weighted by Gasteiger charge is 2.53. The summed E-state index contributed by atoms with van der Waals surface area (Å²) < 4.78 is 14.1. The van der Waals surface area contributed by atoms with E-state index in [2.05, 4.69) is 23.9 Å². The van der Waals surface area contributed by atoms with Crippen molar-refractivity contribution in [3.63, 3.8) is 0 Å². The van der Waals surface area contributed by atoms with E-state index in [1.165, 1.54) is 6.07 Å². The van der Waals surface area contributed by atoms with E-state index in [4.69, 9.17) is 0 Å². The van der Waals surface area contributed by atoms with Gasteiger partial charge in [-0.3, -0.25) is 9.69 Å². The van der Waals surface area contributed by atoms with E-state index < -0.39 is 0 Å². The molecule has 2 atom stereocenters. The number of amides is 1. The summed E-state index contributed by atoms with van der Waals surface area (Å²) in [6, 6.07) is 16.9. The van der Waals surface area contributed by atoms with Crippen molar-refractivity contribution in [1.82, 2.24) is 14.7 Å². The Morgan fingerprint density at radius 3 is 2.57 bits per heavy atom. The number of benzene rings is 2. The summed E-state index contributed by atoms with van der Waals surface area (Å²) >= 11 is 0. The Kier molecular flexibility index (Phi) is 6.02. The van der Waals surface area contributed by atoms with Crippen molar-refractivity contribution < 1.29 is 9.18 Å². The number of rotatable bonds is 6. The van der Waals surface area contributed by atoms with Crippen molar-refractivity contribution in [2.24, 2.45) is 11.3 Å². The molecule has 30 heavy (non-hydrogen) atoms. The molecule has 0 unspecified atom stereocenters. The van der Waals surface area contributed by atoms with Crippen LogP contribution in [0.1, 0.15) is 11.1 Å². The van der Waals surface area contributed by atoms with Crippen molar-refractivity contribution in [3.05, 3.63) is 77.6 Å². The van der Waals surface area contributed by atoms with Gasteiger partial charge in [-0.2, -0.15) is 0 Å². The standard InChI is InChI=1S/C25H30FN3O/c1-27(2)17-25-18-28(14-21-10-6-7-11-23(21)26)15-22(25)16-29(19-25)24(30)13-12-20-8-4-3-5-9-20/h3-13,22H,14-19H2,1-2H3/b13-12+/t22-,25+/m0/s1. The van der Waals surface area contributed by atoms with Crippen molar-refractivity contribution in [3.8, 4) is 0 Å². The van der Waals surface area contributed by atoms with Gasteiger partial charge in [0.05, 0.1) is 0 Å². The first-order valence-electron chi connectivity index (χ1n) is 10.6. The Hall–Kier alpha value is -2.50. The Morgan fingerprint density at radius 1 is 1.10 bits per heavy atom. The van der Waals surface area contributed by atoms with Crippen LogP contribution >= 0.6 is 0 Å². The van der Waals surface area contributed by atoms with Gasteiger partial charge in [0.2, 0.25) is 5.91 Å². The van der Waals surface area contributed by atoms with Crippen LogP contribution in [0.25, 0.3) is 6.08 Å². The van der Waals surface area contributed by atoms with Crippen LogP contribution in [0, 0.1) is 17.2 Å². The summed E-state index contributed by atoms with van der Waals surface area (Å²) in [6.07, 6.45) is 3.58. The first-order chi connectivity index (χ1) is 14.4. The van der Waals surface area contributed by atoms with Gasteiger partial charge in [0.1, 0.15) is 5.82 Å². The average molecular weight is 408 g/mol. The predicted molar refractivity (Wildman–Crippen MR) is 118 cm³/mol. The molecule has 2 fully saturated rings. The van der Waals surface area contributed by atoms with E-state index in [0.717, 1.165) is 43.9 Å². The Balaban J connectivity index is 1.45. The number of fused-ring (bicyclic) bond motifs is 1. The average Bonchev–Trinajstić information content (AvgIpc) is 3.21. The van der Waals surface area contributed by atoms with Gasteiger partial charge in [-0.15, -0.1) is 0 Å². The molecule has 0 aromatic heterocycles. The van der Waals surface area contributed by atoms with Crippen molar-refractivity contribution in [2.45, 2.75) is 6.54 Å². The first-order valence-corrected chi connectivity index (χ1v) is 10.6. The van der Waals surface area contributed by atoms with Crippen molar-refractivity contribution in [2.75, 3.05) is 46.8 Å². The summed E-state index contributed by atoms with van der Waals surface area (Å²) in [5.74, 6) is 0.340. The third-order valence-electron chi connectivity index (χ3n) is 6.34. The molecule has 0 N–H and O–H groups in total. The van der Waals surface area contributed by atoms with Gasteiger partial charge in [-0.1, -0.05) is 48.5 Å². The lowest BCUT2D eigenvalue weighted by Crippen LogP contribution is -2.42. The van der Waals surface area contributed by atoms with E-state index in [-0.39, 0.29) is 17.1 Å². The second kappa shape index (κ2) is 8.70. The number of carbonyl (C=O) groups is 1. The van der Waals surface area contributed by atoms with Crippen LogP contribution in [0.15, 0.2) is 60.7 Å². The van der Waals surface area contributed by atoms with Gasteiger partial charge in [0.15, 0.2) is 0 Å². The van der Waals surface area contributed by atoms with Gasteiger partial charge >= 0.3 is 0 Å². The minimum atomic E-state index is -0.140. The van der Waals surface area contributed by atoms with Crippen LogP contribution < -0.4 is 0 Å². The van der Waals surface area contributed by atoms with Gasteiger partial charge in [0, 0.05) is 56.3 Å². The van der Waals surface area contributed by atoms with Crippen LogP contribution in [-0.2, 0) is 11.3 Å². The van der Waals surface area contributed by atoms with Crippen LogP contribution in [0.3, 0.4) is 0 Å². The predicted octanol–water partition coefficient (Wildman–Crippen LogP) is 3.36. The van der Waals surface area contributed by atoms with Crippen LogP contribution in [0.5, 0.6) is 0 Å². The molecule has 5 heteroatoms. The Bertz CT molecular complexity index is 914. The molecule has 0 saturated carbocycles. The molecule has 0 bridgehead atoms. The molecule has 0 aliphatic carbocycles. The quantitative estimate of drug-likeness (QED) is 0.687. The molecule has 2 heterocycles. The first kappa shape index (κ1) is 20.8. The molecule has 2 aromatic carbocycles. The zero-order chi connectivity index (χ0) is 21.1. The van der Waals surface area contributed by atoms with Crippen LogP contribution in [0.4, 0.5) is 4.39 Å². The van der Waals surface area contributed by atoms with Crippen LogP contribution in [0.2, 0.25) is 0 Å². The molecule has 158 valence electrons. The lowest BCUT2D eigenvalue weighted by molar-refractivity contribution is -0.125. The summed E-state index contributed by atoms with van der Waals surface area (Å²) in [6.45, 7) is 4.85. The van der Waals surface area contributed by atoms with Gasteiger partial charge < -0.3 is 9.80 Å². The number of likely N-dealkylation sites (tertiary alicyclic amines) is 2. The minimum Gasteiger partial charge on any atom is -0.338 e. The third kappa shape index (κ3) is 4.47. The molecule has 2 aliphatic rings. The normalized spacial score (nSPS) is 24.1. The van der Waals surface area contributed by atoms with Gasteiger partial charge in [0.25, 0.3) is 0 Å². The lowest BCUT2D eigenvalue weighted by atomic mass is 9.80. The fraction of sp³-hybridized carbons (Fsp3) is 0.400. The fourth-order valence-corrected chi connectivity index (χ4v) is 5.14. The summed E-state index contributed by atoms with van der Waals surface area (Å²) in [5, 5.41) is 0. The molecule has 2 aliphatic heterocycles. The highest BCUT2D eigenvalue weighted by Crippen LogP contribution is 2.43. The van der Waals surface area contributed by atoms with E-state index in [0.29, 0.717) is 12.5 Å². The smallest absolute Gasteiger partial charge is 0.246 e. The monoisotopic (exact) mass is 407 g/mol. The molecule has 2 aromatic rings. The maximum absolute atomic E-state index is 14.1. The molecular formula is C25H30FN3O. The molecule has 4 nitrogen and oxygen atoms in total. The maximum atomic E-state index is 14.1. The molecule has 1 amide bonds. The molecule has 2 saturated heterocycles. The molecule has 0 spiro atoms. The van der Waals surface area contributed by atoms with Crippen molar-refractivity contribution >= 4 is 12.0 Å². The fourth-order valence-electron chi connectivity index (χ4n) is 5.14. The van der Waals surface area contributed by atoms with Crippen molar-refractivity contribution in [1.29, 1.82) is 0 Å². The van der Waals surface area contributed by atoms with E-state index in [1.807, 2.05) is 53.4 Å². The van der Waals surface area contributed by atoms with Crippen LogP contribution in [-0.4, -0.2) is 67.4 Å². The lowest BCUT2D eigenvalue weighted by Gasteiger charge is -2.32. The second-order valence-electron chi connectivity index (χ2n) is 9.02. The topological polar surface area (TPSA) is 26.8 Å². The highest BCUT2D eigenvalue weighted by atomic mass is 19.1.